The van der Waals surface area contributed by atoms with Crippen molar-refractivity contribution in [3.8, 4) is 6.07 Å². The van der Waals surface area contributed by atoms with Crippen molar-refractivity contribution in [1.29, 1.82) is 5.26 Å². The van der Waals surface area contributed by atoms with E-state index < -0.39 is 0 Å². The van der Waals surface area contributed by atoms with E-state index in [-0.39, 0.29) is 5.56 Å². The van der Waals surface area contributed by atoms with E-state index in [0.29, 0.717) is 21.5 Å². The maximum atomic E-state index is 12.0. The number of benzene rings is 1. The largest absolute Gasteiger partial charge is 0.292 e. The molecule has 0 aliphatic rings. The molecule has 4 nitrogen and oxygen atoms in total. The molecule has 1 aromatic carbocycles. The molecule has 5 heteroatoms. The van der Waals surface area contributed by atoms with Gasteiger partial charge in [-0.25, -0.2) is 4.98 Å². The summed E-state index contributed by atoms with van der Waals surface area (Å²) in [4.78, 5) is 16.2. The Hall–Kier alpha value is -1.68. The summed E-state index contributed by atoms with van der Waals surface area (Å²) < 4.78 is 2.23. The first-order valence-corrected chi connectivity index (χ1v) is 6.40. The van der Waals surface area contributed by atoms with Gasteiger partial charge < -0.3 is 0 Å². The Kier molecular flexibility index (Phi) is 3.77. The van der Waals surface area contributed by atoms with Gasteiger partial charge >= 0.3 is 0 Å². The highest BCUT2D eigenvalue weighted by Crippen LogP contribution is 2.06. The Labute approximate surface area is 118 Å². The zero-order valence-corrected chi connectivity index (χ0v) is 11.9. The van der Waals surface area contributed by atoms with E-state index in [1.54, 1.807) is 29.8 Å². The average Bonchev–Trinajstić information content (AvgIpc) is 2.40. The van der Waals surface area contributed by atoms with Crippen LogP contribution in [0.25, 0.3) is 0 Å². The van der Waals surface area contributed by atoms with E-state index >= 15 is 0 Å². The molecule has 0 N–H and O–H groups in total. The van der Waals surface area contributed by atoms with Gasteiger partial charge in [-0.3, -0.25) is 9.36 Å². The van der Waals surface area contributed by atoms with Gasteiger partial charge in [0.05, 0.1) is 21.7 Å². The van der Waals surface area contributed by atoms with Gasteiger partial charge in [0, 0.05) is 6.20 Å². The lowest BCUT2D eigenvalue weighted by molar-refractivity contribution is 0.695. The molecular formula is C13H10IN3O. The Morgan fingerprint density at radius 3 is 2.67 bits per heavy atom. The van der Waals surface area contributed by atoms with Crippen molar-refractivity contribution in [2.45, 2.75) is 13.5 Å². The third-order valence-electron chi connectivity index (χ3n) is 2.63. The molecule has 0 bridgehead atoms. The molecule has 1 heterocycles. The summed E-state index contributed by atoms with van der Waals surface area (Å²) in [7, 11) is 0. The lowest BCUT2D eigenvalue weighted by atomic mass is 10.1. The fourth-order valence-corrected chi connectivity index (χ4v) is 2.03. The molecule has 1 aromatic heterocycles. The fourth-order valence-electron chi connectivity index (χ4n) is 1.60. The standard InChI is InChI=1S/C13H10IN3O/c1-9-16-7-12(14)13(18)17(9)8-11-4-2-10(6-15)3-5-11/h2-5,7H,8H2,1H3. The van der Waals surface area contributed by atoms with Crippen molar-refractivity contribution in [2.24, 2.45) is 0 Å². The second-order valence-electron chi connectivity index (χ2n) is 3.85. The van der Waals surface area contributed by atoms with Gasteiger partial charge in [0.2, 0.25) is 0 Å². The first kappa shape index (κ1) is 12.8. The van der Waals surface area contributed by atoms with Crippen LogP contribution >= 0.6 is 22.6 Å². The van der Waals surface area contributed by atoms with Gasteiger partial charge in [-0.2, -0.15) is 5.26 Å². The third kappa shape index (κ3) is 2.59. The molecule has 0 radical (unpaired) electrons. The summed E-state index contributed by atoms with van der Waals surface area (Å²) in [5.74, 6) is 0.685. The second-order valence-corrected chi connectivity index (χ2v) is 5.02. The van der Waals surface area contributed by atoms with Crippen molar-refractivity contribution >= 4 is 22.6 Å². The number of rotatable bonds is 2. The molecule has 0 atom stereocenters. The van der Waals surface area contributed by atoms with Gasteiger partial charge in [-0.15, -0.1) is 0 Å². The number of aromatic nitrogens is 2. The second kappa shape index (κ2) is 5.31. The van der Waals surface area contributed by atoms with Gasteiger partial charge in [0.1, 0.15) is 5.82 Å². The number of hydrogen-bond donors (Lipinski definition) is 0. The lowest BCUT2D eigenvalue weighted by Gasteiger charge is -2.09. The first-order valence-electron chi connectivity index (χ1n) is 5.33. The number of halogens is 1. The Bertz CT molecular complexity index is 668. The number of aryl methyl sites for hydroxylation is 1. The fraction of sp³-hybridized carbons (Fsp3) is 0.154. The Morgan fingerprint density at radius 1 is 1.39 bits per heavy atom. The minimum atomic E-state index is -0.0348. The van der Waals surface area contributed by atoms with Crippen molar-refractivity contribution in [3.63, 3.8) is 0 Å². The maximum Gasteiger partial charge on any atom is 0.267 e. The van der Waals surface area contributed by atoms with Gasteiger partial charge in [-0.1, -0.05) is 12.1 Å². The van der Waals surface area contributed by atoms with E-state index in [2.05, 4.69) is 11.1 Å². The normalized spacial score (nSPS) is 10.1. The molecule has 0 saturated carbocycles. The zero-order chi connectivity index (χ0) is 13.1. The molecule has 0 fully saturated rings. The van der Waals surface area contributed by atoms with Crippen LogP contribution in [0.2, 0.25) is 0 Å². The van der Waals surface area contributed by atoms with E-state index in [4.69, 9.17) is 5.26 Å². The molecular weight excluding hydrogens is 341 g/mol. The van der Waals surface area contributed by atoms with Crippen LogP contribution in [0.1, 0.15) is 17.0 Å². The number of nitrogens with zero attached hydrogens (tertiary/aromatic N) is 3. The topological polar surface area (TPSA) is 58.7 Å². The van der Waals surface area contributed by atoms with Crippen molar-refractivity contribution in [3.05, 3.63) is 61.3 Å². The Balaban J connectivity index is 2.37. The molecule has 0 spiro atoms. The van der Waals surface area contributed by atoms with Crippen LogP contribution in [-0.4, -0.2) is 9.55 Å². The predicted octanol–water partition coefficient (Wildman–Crippen LogP) is 2.08. The molecule has 90 valence electrons. The SMILES string of the molecule is Cc1ncc(I)c(=O)n1Cc1ccc(C#N)cc1. The van der Waals surface area contributed by atoms with Crippen LogP contribution in [0, 0.1) is 21.8 Å². The van der Waals surface area contributed by atoms with Gasteiger partial charge in [0.15, 0.2) is 0 Å². The summed E-state index contributed by atoms with van der Waals surface area (Å²) in [5.41, 5.74) is 1.55. The molecule has 2 rings (SSSR count). The zero-order valence-electron chi connectivity index (χ0n) is 9.72. The highest BCUT2D eigenvalue weighted by atomic mass is 127. The average molecular weight is 351 g/mol. The number of hydrogen-bond acceptors (Lipinski definition) is 3. The summed E-state index contributed by atoms with van der Waals surface area (Å²) >= 11 is 1.98. The number of nitriles is 1. The highest BCUT2D eigenvalue weighted by Gasteiger charge is 2.06. The molecule has 0 aliphatic carbocycles. The van der Waals surface area contributed by atoms with E-state index in [9.17, 15) is 4.79 Å². The van der Waals surface area contributed by atoms with E-state index in [1.165, 1.54) is 0 Å². The van der Waals surface area contributed by atoms with E-state index in [1.807, 2.05) is 34.7 Å². The van der Waals surface area contributed by atoms with Crippen LogP contribution in [0.15, 0.2) is 35.3 Å². The van der Waals surface area contributed by atoms with Crippen LogP contribution < -0.4 is 5.56 Å². The quantitative estimate of drug-likeness (QED) is 0.779. The smallest absolute Gasteiger partial charge is 0.267 e. The van der Waals surface area contributed by atoms with Gasteiger partial charge in [0.25, 0.3) is 5.56 Å². The van der Waals surface area contributed by atoms with Crippen LogP contribution in [0.4, 0.5) is 0 Å². The minimum Gasteiger partial charge on any atom is -0.292 e. The monoisotopic (exact) mass is 351 g/mol. The van der Waals surface area contributed by atoms with Crippen LogP contribution in [0.3, 0.4) is 0 Å². The summed E-state index contributed by atoms with van der Waals surface area (Å²) in [6.07, 6.45) is 1.58. The van der Waals surface area contributed by atoms with Gasteiger partial charge in [-0.05, 0) is 47.2 Å². The summed E-state index contributed by atoms with van der Waals surface area (Å²) in [5, 5.41) is 8.73. The minimum absolute atomic E-state index is 0.0348. The van der Waals surface area contributed by atoms with Crippen molar-refractivity contribution in [2.75, 3.05) is 0 Å². The predicted molar refractivity (Wildman–Crippen MR) is 76.2 cm³/mol. The highest BCUT2D eigenvalue weighted by molar-refractivity contribution is 14.1. The lowest BCUT2D eigenvalue weighted by Crippen LogP contribution is -2.26. The third-order valence-corrected chi connectivity index (χ3v) is 3.37. The van der Waals surface area contributed by atoms with Crippen molar-refractivity contribution < 1.29 is 0 Å². The van der Waals surface area contributed by atoms with Crippen molar-refractivity contribution in [1.82, 2.24) is 9.55 Å². The summed E-state index contributed by atoms with van der Waals surface area (Å²) in [6, 6.07) is 9.26. The molecule has 18 heavy (non-hydrogen) atoms. The summed E-state index contributed by atoms with van der Waals surface area (Å²) in [6.45, 7) is 2.28. The van der Waals surface area contributed by atoms with Crippen LogP contribution in [0.5, 0.6) is 0 Å². The maximum absolute atomic E-state index is 12.0. The first-order chi connectivity index (χ1) is 8.61. The Morgan fingerprint density at radius 2 is 2.06 bits per heavy atom. The molecule has 0 aliphatic heterocycles. The molecule has 0 amide bonds. The molecule has 2 aromatic rings. The molecule has 0 unspecified atom stereocenters. The van der Waals surface area contributed by atoms with E-state index in [0.717, 1.165) is 5.56 Å². The van der Waals surface area contributed by atoms with Crippen LogP contribution in [-0.2, 0) is 6.54 Å². The molecule has 0 saturated heterocycles.